The molecule has 1 aromatic rings. The summed E-state index contributed by atoms with van der Waals surface area (Å²) in [5, 5.41) is 4.07. The summed E-state index contributed by atoms with van der Waals surface area (Å²) in [5.41, 5.74) is 1.14. The van der Waals surface area contributed by atoms with E-state index in [1.54, 1.807) is 0 Å². The van der Waals surface area contributed by atoms with Crippen molar-refractivity contribution in [1.82, 2.24) is 10.3 Å². The van der Waals surface area contributed by atoms with Gasteiger partial charge >= 0.3 is 0 Å². The summed E-state index contributed by atoms with van der Waals surface area (Å²) in [4.78, 5) is 7.03. The Bertz CT molecular complexity index is 416. The lowest BCUT2D eigenvalue weighted by atomic mass is 10.1. The fraction of sp³-hybridized carbons (Fsp3) is 0.706. The first-order valence-electron chi connectivity index (χ1n) is 8.15. The molecule has 0 saturated carbocycles. The van der Waals surface area contributed by atoms with E-state index in [0.717, 1.165) is 48.9 Å². The van der Waals surface area contributed by atoms with Crippen LogP contribution in [0.25, 0.3) is 0 Å². The van der Waals surface area contributed by atoms with Gasteiger partial charge in [-0.3, -0.25) is 0 Å². The molecule has 0 fully saturated rings. The highest BCUT2D eigenvalue weighted by Gasteiger charge is 2.20. The summed E-state index contributed by atoms with van der Waals surface area (Å²) in [5.74, 6) is 1.52. The van der Waals surface area contributed by atoms with Crippen molar-refractivity contribution in [2.24, 2.45) is 5.92 Å². The Morgan fingerprint density at radius 2 is 1.90 bits per heavy atom. The number of anilines is 1. The number of hydrogen-bond acceptors (Lipinski definition) is 3. The van der Waals surface area contributed by atoms with Gasteiger partial charge in [-0.2, -0.15) is 0 Å². The highest BCUT2D eigenvalue weighted by atomic mass is 35.5. The van der Waals surface area contributed by atoms with Crippen molar-refractivity contribution in [3.8, 4) is 0 Å². The summed E-state index contributed by atoms with van der Waals surface area (Å²) >= 11 is 6.51. The summed E-state index contributed by atoms with van der Waals surface area (Å²) in [7, 11) is 0. The maximum Gasteiger partial charge on any atom is 0.147 e. The van der Waals surface area contributed by atoms with E-state index in [4.69, 9.17) is 11.6 Å². The van der Waals surface area contributed by atoms with Crippen LogP contribution in [0.1, 0.15) is 53.0 Å². The Balaban J connectivity index is 3.01. The summed E-state index contributed by atoms with van der Waals surface area (Å²) in [6.07, 6.45) is 4.17. The van der Waals surface area contributed by atoms with Crippen LogP contribution in [0.3, 0.4) is 0 Å². The molecule has 1 rings (SSSR count). The second kappa shape index (κ2) is 9.26. The van der Waals surface area contributed by atoms with Crippen molar-refractivity contribution in [2.75, 3.05) is 18.0 Å². The van der Waals surface area contributed by atoms with Gasteiger partial charge < -0.3 is 10.2 Å². The molecular formula is C17H30ClN3. The second-order valence-electron chi connectivity index (χ2n) is 5.95. The van der Waals surface area contributed by atoms with E-state index in [0.29, 0.717) is 12.0 Å². The number of nitrogens with one attached hydrogen (secondary N) is 1. The van der Waals surface area contributed by atoms with Crippen molar-refractivity contribution in [3.05, 3.63) is 22.8 Å². The van der Waals surface area contributed by atoms with Crippen molar-refractivity contribution < 1.29 is 0 Å². The highest BCUT2D eigenvalue weighted by Crippen LogP contribution is 2.28. The van der Waals surface area contributed by atoms with Gasteiger partial charge in [0.05, 0.1) is 5.02 Å². The summed E-state index contributed by atoms with van der Waals surface area (Å²) in [6.45, 7) is 13.8. The van der Waals surface area contributed by atoms with Gasteiger partial charge in [0.25, 0.3) is 0 Å². The quantitative estimate of drug-likeness (QED) is 0.728. The zero-order chi connectivity index (χ0) is 15.8. The Morgan fingerprint density at radius 1 is 1.24 bits per heavy atom. The number of pyridine rings is 1. The molecule has 1 N–H and O–H groups in total. The van der Waals surface area contributed by atoms with Crippen LogP contribution in [0.2, 0.25) is 5.02 Å². The Labute approximate surface area is 135 Å². The normalized spacial score (nSPS) is 11.4. The monoisotopic (exact) mass is 311 g/mol. The predicted octanol–water partition coefficient (Wildman–Crippen LogP) is 4.50. The van der Waals surface area contributed by atoms with Crippen LogP contribution in [0.5, 0.6) is 0 Å². The van der Waals surface area contributed by atoms with Crippen LogP contribution in [-0.2, 0) is 6.54 Å². The van der Waals surface area contributed by atoms with E-state index in [2.05, 4.69) is 49.8 Å². The molecular weight excluding hydrogens is 282 g/mol. The smallest absolute Gasteiger partial charge is 0.147 e. The third-order valence-corrected chi connectivity index (χ3v) is 3.95. The van der Waals surface area contributed by atoms with E-state index >= 15 is 0 Å². The van der Waals surface area contributed by atoms with E-state index in [9.17, 15) is 0 Å². The number of nitrogens with zero attached hydrogens (tertiary/aromatic N) is 2. The third kappa shape index (κ3) is 5.48. The Kier molecular flexibility index (Phi) is 8.05. The van der Waals surface area contributed by atoms with E-state index in [1.165, 1.54) is 0 Å². The first kappa shape index (κ1) is 18.2. The molecule has 0 aliphatic carbocycles. The van der Waals surface area contributed by atoms with Gasteiger partial charge in [-0.1, -0.05) is 46.2 Å². The van der Waals surface area contributed by atoms with Crippen molar-refractivity contribution in [2.45, 2.75) is 60.0 Å². The molecule has 0 bridgehead atoms. The van der Waals surface area contributed by atoms with E-state index < -0.39 is 0 Å². The lowest BCUT2D eigenvalue weighted by Crippen LogP contribution is -2.38. The standard InChI is InChI=1S/C17H30ClN3/c1-6-15(7-2)21(12-13(4)5)17-16(18)9-14(11-20-17)10-19-8-3/h9,11,13,15,19H,6-8,10,12H2,1-5H3. The van der Waals surface area contributed by atoms with Gasteiger partial charge in [-0.05, 0) is 36.9 Å². The predicted molar refractivity (Wildman–Crippen MR) is 93.2 cm³/mol. The van der Waals surface area contributed by atoms with Gasteiger partial charge in [-0.25, -0.2) is 4.98 Å². The molecule has 0 aliphatic heterocycles. The van der Waals surface area contributed by atoms with E-state index in [1.807, 2.05) is 12.3 Å². The van der Waals surface area contributed by atoms with Crippen molar-refractivity contribution in [1.29, 1.82) is 0 Å². The minimum absolute atomic E-state index is 0.497. The second-order valence-corrected chi connectivity index (χ2v) is 6.35. The van der Waals surface area contributed by atoms with Gasteiger partial charge in [-0.15, -0.1) is 0 Å². The van der Waals surface area contributed by atoms with Crippen LogP contribution in [0, 0.1) is 5.92 Å². The maximum atomic E-state index is 6.51. The number of halogens is 1. The summed E-state index contributed by atoms with van der Waals surface area (Å²) < 4.78 is 0. The fourth-order valence-corrected chi connectivity index (χ4v) is 2.88. The molecule has 0 aliphatic rings. The molecule has 1 heterocycles. The molecule has 0 atom stereocenters. The SMILES string of the molecule is CCNCc1cnc(N(CC(C)C)C(CC)CC)c(Cl)c1. The molecule has 0 radical (unpaired) electrons. The maximum absolute atomic E-state index is 6.51. The highest BCUT2D eigenvalue weighted by molar-refractivity contribution is 6.33. The zero-order valence-electron chi connectivity index (χ0n) is 14.1. The largest absolute Gasteiger partial charge is 0.352 e. The number of aromatic nitrogens is 1. The topological polar surface area (TPSA) is 28.2 Å². The van der Waals surface area contributed by atoms with Crippen molar-refractivity contribution >= 4 is 17.4 Å². The van der Waals surface area contributed by atoms with Gasteiger partial charge in [0, 0.05) is 25.3 Å². The first-order valence-corrected chi connectivity index (χ1v) is 8.52. The molecule has 3 nitrogen and oxygen atoms in total. The van der Waals surface area contributed by atoms with Crippen molar-refractivity contribution in [3.63, 3.8) is 0 Å². The van der Waals surface area contributed by atoms with Crippen LogP contribution in [-0.4, -0.2) is 24.1 Å². The number of hydrogen-bond donors (Lipinski definition) is 1. The molecule has 0 amide bonds. The van der Waals surface area contributed by atoms with E-state index in [-0.39, 0.29) is 0 Å². The molecule has 21 heavy (non-hydrogen) atoms. The zero-order valence-corrected chi connectivity index (χ0v) is 14.9. The first-order chi connectivity index (χ1) is 10.0. The molecule has 120 valence electrons. The van der Waals surface area contributed by atoms with Crippen LogP contribution in [0.4, 0.5) is 5.82 Å². The van der Waals surface area contributed by atoms with Gasteiger partial charge in [0.2, 0.25) is 0 Å². The van der Waals surface area contributed by atoms with Crippen LogP contribution < -0.4 is 10.2 Å². The lowest BCUT2D eigenvalue weighted by molar-refractivity contribution is 0.503. The molecule has 4 heteroatoms. The average molecular weight is 312 g/mol. The average Bonchev–Trinajstić information content (AvgIpc) is 2.45. The molecule has 0 unspecified atom stereocenters. The number of rotatable bonds is 9. The Morgan fingerprint density at radius 3 is 2.38 bits per heavy atom. The molecule has 0 aromatic carbocycles. The minimum Gasteiger partial charge on any atom is -0.352 e. The van der Waals surface area contributed by atoms with Crippen LogP contribution >= 0.6 is 11.6 Å². The third-order valence-electron chi connectivity index (χ3n) is 3.67. The van der Waals surface area contributed by atoms with Crippen LogP contribution in [0.15, 0.2) is 12.3 Å². The van der Waals surface area contributed by atoms with Gasteiger partial charge in [0.1, 0.15) is 5.82 Å². The fourth-order valence-electron chi connectivity index (χ4n) is 2.58. The minimum atomic E-state index is 0.497. The summed E-state index contributed by atoms with van der Waals surface area (Å²) in [6, 6.07) is 2.54. The molecule has 0 spiro atoms. The van der Waals surface area contributed by atoms with Gasteiger partial charge in [0.15, 0.2) is 0 Å². The lowest BCUT2D eigenvalue weighted by Gasteiger charge is -2.33. The molecule has 1 aromatic heterocycles. The Hall–Kier alpha value is -0.800. The molecule has 0 saturated heterocycles.